The van der Waals surface area contributed by atoms with Crippen LogP contribution in [0.2, 0.25) is 0 Å². The van der Waals surface area contributed by atoms with Crippen LogP contribution in [-0.4, -0.2) is 30.6 Å². The van der Waals surface area contributed by atoms with Crippen molar-refractivity contribution in [2.45, 2.75) is 6.42 Å². The molecule has 0 saturated carbocycles. The molecule has 148 valence electrons. The van der Waals surface area contributed by atoms with E-state index in [1.807, 2.05) is 30.3 Å². The molecule has 0 fully saturated rings. The van der Waals surface area contributed by atoms with Gasteiger partial charge in [0, 0.05) is 5.69 Å². The minimum Gasteiger partial charge on any atom is -0.493 e. The molecule has 0 saturated heterocycles. The zero-order valence-corrected chi connectivity index (χ0v) is 15.9. The molecule has 7 heteroatoms. The van der Waals surface area contributed by atoms with Crippen molar-refractivity contribution < 1.29 is 19.1 Å². The van der Waals surface area contributed by atoms with Crippen molar-refractivity contribution >= 4 is 29.1 Å². The van der Waals surface area contributed by atoms with Gasteiger partial charge in [-0.3, -0.25) is 4.79 Å². The Labute approximate surface area is 168 Å². The highest BCUT2D eigenvalue weighted by Crippen LogP contribution is 2.17. The summed E-state index contributed by atoms with van der Waals surface area (Å²) >= 11 is 0. The summed E-state index contributed by atoms with van der Waals surface area (Å²) in [5.41, 5.74) is 1.85. The first-order valence-corrected chi connectivity index (χ1v) is 9.03. The highest BCUT2D eigenvalue weighted by atomic mass is 16.5. The molecule has 2 N–H and O–H groups in total. The van der Waals surface area contributed by atoms with Gasteiger partial charge in [0.25, 0.3) is 0 Å². The molecular formula is C22H21N3O4. The van der Waals surface area contributed by atoms with Crippen molar-refractivity contribution in [3.05, 3.63) is 78.5 Å². The number of pyridine rings is 1. The molecule has 0 spiro atoms. The normalized spacial score (nSPS) is 10.1. The average Bonchev–Trinajstić information content (AvgIpc) is 2.76. The number of rotatable bonds is 8. The molecule has 0 aliphatic carbocycles. The third kappa shape index (κ3) is 6.07. The van der Waals surface area contributed by atoms with Crippen molar-refractivity contribution in [1.82, 2.24) is 4.98 Å². The second kappa shape index (κ2) is 9.89. The Balaban J connectivity index is 1.47. The third-order valence-electron chi connectivity index (χ3n) is 3.97. The van der Waals surface area contributed by atoms with Crippen LogP contribution in [0.3, 0.4) is 0 Å². The predicted molar refractivity (Wildman–Crippen MR) is 110 cm³/mol. The summed E-state index contributed by atoms with van der Waals surface area (Å²) in [4.78, 5) is 27.7. The number of amides is 1. The number of hydrogen-bond acceptors (Lipinski definition) is 6. The largest absolute Gasteiger partial charge is 0.493 e. The molecule has 1 aromatic heterocycles. The number of para-hydroxylation sites is 1. The number of nitrogens with one attached hydrogen (secondary N) is 2. The van der Waals surface area contributed by atoms with Gasteiger partial charge in [0.1, 0.15) is 11.6 Å². The van der Waals surface area contributed by atoms with E-state index in [2.05, 4.69) is 20.4 Å². The van der Waals surface area contributed by atoms with Crippen LogP contribution in [0, 0.1) is 0 Å². The molecule has 0 bridgehead atoms. The topological polar surface area (TPSA) is 89.6 Å². The molecule has 7 nitrogen and oxygen atoms in total. The number of aromatic nitrogens is 1. The van der Waals surface area contributed by atoms with Crippen LogP contribution in [0.5, 0.6) is 5.75 Å². The average molecular weight is 391 g/mol. The van der Waals surface area contributed by atoms with Gasteiger partial charge in [-0.2, -0.15) is 0 Å². The quantitative estimate of drug-likeness (QED) is 0.564. The van der Waals surface area contributed by atoms with Gasteiger partial charge in [-0.1, -0.05) is 18.2 Å². The summed E-state index contributed by atoms with van der Waals surface area (Å²) in [6, 6.07) is 19.7. The lowest BCUT2D eigenvalue weighted by Crippen LogP contribution is -2.15. The van der Waals surface area contributed by atoms with Gasteiger partial charge in [0.15, 0.2) is 0 Å². The highest BCUT2D eigenvalue weighted by molar-refractivity contribution is 5.91. The van der Waals surface area contributed by atoms with Crippen molar-refractivity contribution in [2.75, 3.05) is 24.4 Å². The van der Waals surface area contributed by atoms with Crippen molar-refractivity contribution in [3.63, 3.8) is 0 Å². The molecule has 3 aromatic rings. The predicted octanol–water partition coefficient (Wildman–Crippen LogP) is 4.02. The molecule has 1 amide bonds. The van der Waals surface area contributed by atoms with E-state index in [1.54, 1.807) is 42.6 Å². The first-order valence-electron chi connectivity index (χ1n) is 9.03. The molecular weight excluding hydrogens is 370 g/mol. The van der Waals surface area contributed by atoms with Gasteiger partial charge in [-0.05, 0) is 48.5 Å². The number of nitrogens with zero attached hydrogens (tertiary/aromatic N) is 1. The van der Waals surface area contributed by atoms with Gasteiger partial charge < -0.3 is 20.1 Å². The standard InChI is InChI=1S/C22H21N3O4/c1-28-22(27)16-7-9-17(10-8-16)24-20-12-11-18(15-23-20)25-21(26)13-14-29-19-5-3-2-4-6-19/h2-12,15H,13-14H2,1H3,(H,23,24)(H,25,26). The second-order valence-corrected chi connectivity index (χ2v) is 6.09. The maximum Gasteiger partial charge on any atom is 0.337 e. The number of hydrogen-bond donors (Lipinski definition) is 2. The van der Waals surface area contributed by atoms with Gasteiger partial charge in [-0.15, -0.1) is 0 Å². The Kier molecular flexibility index (Phi) is 6.78. The molecule has 0 aliphatic heterocycles. The smallest absolute Gasteiger partial charge is 0.337 e. The van der Waals surface area contributed by atoms with E-state index in [9.17, 15) is 9.59 Å². The number of benzene rings is 2. The van der Waals surface area contributed by atoms with Crippen molar-refractivity contribution in [2.24, 2.45) is 0 Å². The van der Waals surface area contributed by atoms with Gasteiger partial charge in [-0.25, -0.2) is 9.78 Å². The fraction of sp³-hybridized carbons (Fsp3) is 0.136. The van der Waals surface area contributed by atoms with Crippen LogP contribution in [0.25, 0.3) is 0 Å². The van der Waals surface area contributed by atoms with E-state index in [0.717, 1.165) is 11.4 Å². The van der Waals surface area contributed by atoms with Crippen LogP contribution in [0.1, 0.15) is 16.8 Å². The summed E-state index contributed by atoms with van der Waals surface area (Å²) in [6.07, 6.45) is 1.81. The molecule has 0 unspecified atom stereocenters. The first kappa shape index (κ1) is 19.9. The minimum atomic E-state index is -0.385. The summed E-state index contributed by atoms with van der Waals surface area (Å²) in [5.74, 6) is 0.809. The van der Waals surface area contributed by atoms with Crippen LogP contribution >= 0.6 is 0 Å². The maximum absolute atomic E-state index is 12.0. The third-order valence-corrected chi connectivity index (χ3v) is 3.97. The van der Waals surface area contributed by atoms with Gasteiger partial charge >= 0.3 is 5.97 Å². The fourth-order valence-electron chi connectivity index (χ4n) is 2.50. The van der Waals surface area contributed by atoms with E-state index < -0.39 is 0 Å². The van der Waals surface area contributed by atoms with Gasteiger partial charge in [0.05, 0.1) is 37.6 Å². The Bertz CT molecular complexity index is 942. The number of esters is 1. The van der Waals surface area contributed by atoms with Crippen LogP contribution in [0.4, 0.5) is 17.2 Å². The van der Waals surface area contributed by atoms with E-state index in [-0.39, 0.29) is 18.3 Å². The lowest BCUT2D eigenvalue weighted by Gasteiger charge is -2.09. The zero-order valence-electron chi connectivity index (χ0n) is 15.9. The number of ether oxygens (including phenoxy) is 2. The molecule has 29 heavy (non-hydrogen) atoms. The van der Waals surface area contributed by atoms with E-state index in [4.69, 9.17) is 4.74 Å². The SMILES string of the molecule is COC(=O)c1ccc(Nc2ccc(NC(=O)CCOc3ccccc3)cn2)cc1. The molecule has 0 aliphatic rings. The second-order valence-electron chi connectivity index (χ2n) is 6.09. The molecule has 3 rings (SSSR count). The Morgan fingerprint density at radius 3 is 2.31 bits per heavy atom. The fourth-order valence-corrected chi connectivity index (χ4v) is 2.50. The minimum absolute atomic E-state index is 0.151. The van der Waals surface area contributed by atoms with Crippen molar-refractivity contribution in [1.29, 1.82) is 0 Å². The van der Waals surface area contributed by atoms with Crippen LogP contribution < -0.4 is 15.4 Å². The number of methoxy groups -OCH3 is 1. The molecule has 2 aromatic carbocycles. The zero-order chi connectivity index (χ0) is 20.5. The van der Waals surface area contributed by atoms with E-state index in [0.29, 0.717) is 23.7 Å². The van der Waals surface area contributed by atoms with Crippen molar-refractivity contribution in [3.8, 4) is 5.75 Å². The monoisotopic (exact) mass is 391 g/mol. The lowest BCUT2D eigenvalue weighted by molar-refractivity contribution is -0.116. The summed E-state index contributed by atoms with van der Waals surface area (Å²) in [7, 11) is 1.34. The molecule has 1 heterocycles. The van der Waals surface area contributed by atoms with E-state index >= 15 is 0 Å². The summed E-state index contributed by atoms with van der Waals surface area (Å²) in [6.45, 7) is 0.296. The lowest BCUT2D eigenvalue weighted by atomic mass is 10.2. The first-order chi connectivity index (χ1) is 14.1. The van der Waals surface area contributed by atoms with Gasteiger partial charge in [0.2, 0.25) is 5.91 Å². The Morgan fingerprint density at radius 2 is 1.66 bits per heavy atom. The van der Waals surface area contributed by atoms with Crippen LogP contribution in [-0.2, 0) is 9.53 Å². The molecule has 0 atom stereocenters. The number of anilines is 3. The molecule has 0 radical (unpaired) electrons. The summed E-state index contributed by atoms with van der Waals surface area (Å²) in [5, 5.41) is 5.91. The highest BCUT2D eigenvalue weighted by Gasteiger charge is 2.06. The Morgan fingerprint density at radius 1 is 0.931 bits per heavy atom. The number of carbonyl (C=O) groups is 2. The maximum atomic E-state index is 12.0. The number of carbonyl (C=O) groups excluding carboxylic acids is 2. The van der Waals surface area contributed by atoms with Crippen LogP contribution in [0.15, 0.2) is 72.9 Å². The van der Waals surface area contributed by atoms with E-state index in [1.165, 1.54) is 7.11 Å². The Hall–Kier alpha value is -3.87. The summed E-state index contributed by atoms with van der Waals surface area (Å²) < 4.78 is 10.2.